The van der Waals surface area contributed by atoms with Crippen LogP contribution in [0.3, 0.4) is 0 Å². The lowest BCUT2D eigenvalue weighted by Gasteiger charge is -2.33. The maximum Gasteiger partial charge on any atom is 0.139 e. The third-order valence-corrected chi connectivity index (χ3v) is 3.89. The highest BCUT2D eigenvalue weighted by atomic mass is 79.9. The van der Waals surface area contributed by atoms with E-state index in [0.717, 1.165) is 31.6 Å². The first-order valence-electron chi connectivity index (χ1n) is 5.72. The average Bonchev–Trinajstić information content (AvgIpc) is 2.34. The average molecular weight is 303 g/mol. The number of benzene rings is 1. The summed E-state index contributed by atoms with van der Waals surface area (Å²) >= 11 is 3.12. The Balaban J connectivity index is 2.16. The Morgan fingerprint density at radius 1 is 1.41 bits per heavy atom. The van der Waals surface area contributed by atoms with E-state index in [1.165, 1.54) is 6.07 Å². The minimum Gasteiger partial charge on any atom is -0.397 e. The molecule has 0 aliphatic carbocycles. The fraction of sp³-hybridized carbons (Fsp3) is 0.500. The molecule has 3 nitrogen and oxygen atoms in total. The number of aliphatic hydroxyl groups excluding tert-OH is 1. The second kappa shape index (κ2) is 5.23. The van der Waals surface area contributed by atoms with Gasteiger partial charge in [-0.15, -0.1) is 0 Å². The molecular formula is C12H16BrFN2O. The minimum absolute atomic E-state index is 0.234. The Hall–Kier alpha value is -0.810. The van der Waals surface area contributed by atoms with Gasteiger partial charge in [0.05, 0.1) is 15.8 Å². The van der Waals surface area contributed by atoms with Crippen molar-refractivity contribution in [2.45, 2.75) is 12.8 Å². The van der Waals surface area contributed by atoms with Crippen molar-refractivity contribution in [2.75, 3.05) is 30.3 Å². The molecule has 1 aromatic carbocycles. The molecule has 0 amide bonds. The second-order valence-corrected chi connectivity index (χ2v) is 5.29. The van der Waals surface area contributed by atoms with E-state index >= 15 is 0 Å². The molecule has 1 saturated heterocycles. The monoisotopic (exact) mass is 302 g/mol. The third-order valence-electron chi connectivity index (χ3n) is 3.28. The van der Waals surface area contributed by atoms with Crippen molar-refractivity contribution in [3.63, 3.8) is 0 Å². The topological polar surface area (TPSA) is 49.5 Å². The number of aliphatic hydroxyl groups is 1. The number of nitrogens with two attached hydrogens (primary N) is 1. The van der Waals surface area contributed by atoms with Gasteiger partial charge in [-0.05, 0) is 40.8 Å². The van der Waals surface area contributed by atoms with Crippen molar-refractivity contribution in [3.05, 3.63) is 22.4 Å². The van der Waals surface area contributed by atoms with Crippen LogP contribution in [0.1, 0.15) is 12.8 Å². The molecule has 1 aromatic rings. The van der Waals surface area contributed by atoms with Crippen LogP contribution in [0.15, 0.2) is 16.6 Å². The van der Waals surface area contributed by atoms with E-state index in [4.69, 9.17) is 10.8 Å². The summed E-state index contributed by atoms with van der Waals surface area (Å²) < 4.78 is 13.9. The van der Waals surface area contributed by atoms with E-state index in [1.807, 2.05) is 0 Å². The molecule has 0 radical (unpaired) electrons. The van der Waals surface area contributed by atoms with Crippen molar-refractivity contribution in [3.8, 4) is 0 Å². The predicted molar refractivity (Wildman–Crippen MR) is 70.5 cm³/mol. The first-order chi connectivity index (χ1) is 8.11. The van der Waals surface area contributed by atoms with Gasteiger partial charge in [0.2, 0.25) is 0 Å². The van der Waals surface area contributed by atoms with Crippen LogP contribution < -0.4 is 10.6 Å². The van der Waals surface area contributed by atoms with Gasteiger partial charge in [-0.1, -0.05) is 0 Å². The van der Waals surface area contributed by atoms with Gasteiger partial charge in [0.1, 0.15) is 5.82 Å². The van der Waals surface area contributed by atoms with Gasteiger partial charge >= 0.3 is 0 Å². The fourth-order valence-electron chi connectivity index (χ4n) is 2.18. The molecule has 0 spiro atoms. The fourth-order valence-corrected chi connectivity index (χ4v) is 2.54. The zero-order valence-electron chi connectivity index (χ0n) is 9.50. The molecule has 1 aliphatic rings. The Labute approximate surface area is 109 Å². The maximum absolute atomic E-state index is 13.5. The number of piperidine rings is 1. The zero-order valence-corrected chi connectivity index (χ0v) is 11.1. The van der Waals surface area contributed by atoms with Gasteiger partial charge < -0.3 is 15.7 Å². The number of anilines is 2. The Morgan fingerprint density at radius 2 is 2.06 bits per heavy atom. The molecular weight excluding hydrogens is 287 g/mol. The molecule has 1 heterocycles. The standard InChI is InChI=1S/C12H16BrFN2O/c13-9-5-11(15)12(6-10(9)14)16-3-1-8(7-17)2-4-16/h5-6,8,17H,1-4,7,15H2. The molecule has 5 heteroatoms. The molecule has 0 saturated carbocycles. The zero-order chi connectivity index (χ0) is 12.4. The van der Waals surface area contributed by atoms with Crippen LogP contribution in [0.4, 0.5) is 15.8 Å². The van der Waals surface area contributed by atoms with E-state index in [1.54, 1.807) is 6.07 Å². The van der Waals surface area contributed by atoms with Gasteiger partial charge in [-0.3, -0.25) is 0 Å². The quantitative estimate of drug-likeness (QED) is 0.825. The highest BCUT2D eigenvalue weighted by molar-refractivity contribution is 9.10. The molecule has 1 aliphatic heterocycles. The number of rotatable bonds is 2. The number of nitrogen functional groups attached to an aromatic ring is 1. The van der Waals surface area contributed by atoms with Crippen molar-refractivity contribution < 1.29 is 9.50 Å². The van der Waals surface area contributed by atoms with E-state index in [2.05, 4.69) is 20.8 Å². The third kappa shape index (κ3) is 2.72. The molecule has 94 valence electrons. The molecule has 2 rings (SSSR count). The van der Waals surface area contributed by atoms with E-state index < -0.39 is 0 Å². The first-order valence-corrected chi connectivity index (χ1v) is 6.51. The SMILES string of the molecule is Nc1cc(Br)c(F)cc1N1CCC(CO)CC1. The minimum atomic E-state index is -0.293. The van der Waals surface area contributed by atoms with Gasteiger partial charge in [0.25, 0.3) is 0 Å². The van der Waals surface area contributed by atoms with Crippen LogP contribution in [0, 0.1) is 11.7 Å². The number of hydrogen-bond acceptors (Lipinski definition) is 3. The summed E-state index contributed by atoms with van der Waals surface area (Å²) in [6.07, 6.45) is 1.85. The molecule has 0 aromatic heterocycles. The largest absolute Gasteiger partial charge is 0.397 e. The maximum atomic E-state index is 13.5. The molecule has 17 heavy (non-hydrogen) atoms. The van der Waals surface area contributed by atoms with E-state index in [9.17, 15) is 4.39 Å². The predicted octanol–water partition coefficient (Wildman–Crippen LogP) is 2.38. The van der Waals surface area contributed by atoms with Gasteiger partial charge in [0, 0.05) is 25.8 Å². The second-order valence-electron chi connectivity index (χ2n) is 4.44. The molecule has 0 unspecified atom stereocenters. The van der Waals surface area contributed by atoms with Crippen LogP contribution in [-0.4, -0.2) is 24.8 Å². The smallest absolute Gasteiger partial charge is 0.139 e. The van der Waals surface area contributed by atoms with Crippen LogP contribution in [0.2, 0.25) is 0 Å². The summed E-state index contributed by atoms with van der Waals surface area (Å²) in [4.78, 5) is 2.08. The van der Waals surface area contributed by atoms with E-state index in [-0.39, 0.29) is 12.4 Å². The van der Waals surface area contributed by atoms with E-state index in [0.29, 0.717) is 16.1 Å². The number of halogens is 2. The van der Waals surface area contributed by atoms with Gasteiger partial charge in [0.15, 0.2) is 0 Å². The van der Waals surface area contributed by atoms with Gasteiger partial charge in [-0.2, -0.15) is 0 Å². The van der Waals surface area contributed by atoms with Crippen molar-refractivity contribution in [2.24, 2.45) is 5.92 Å². The van der Waals surface area contributed by atoms with Crippen LogP contribution in [0.5, 0.6) is 0 Å². The summed E-state index contributed by atoms with van der Waals surface area (Å²) in [5.74, 6) is 0.0752. The Kier molecular flexibility index (Phi) is 3.89. The highest BCUT2D eigenvalue weighted by Gasteiger charge is 2.20. The van der Waals surface area contributed by atoms with Crippen molar-refractivity contribution in [1.29, 1.82) is 0 Å². The van der Waals surface area contributed by atoms with Crippen molar-refractivity contribution in [1.82, 2.24) is 0 Å². The van der Waals surface area contributed by atoms with Gasteiger partial charge in [-0.25, -0.2) is 4.39 Å². The summed E-state index contributed by atoms with van der Waals surface area (Å²) in [5.41, 5.74) is 7.24. The molecule has 1 fully saturated rings. The van der Waals surface area contributed by atoms with Crippen LogP contribution in [0.25, 0.3) is 0 Å². The molecule has 0 bridgehead atoms. The van der Waals surface area contributed by atoms with Crippen molar-refractivity contribution >= 4 is 27.3 Å². The highest BCUT2D eigenvalue weighted by Crippen LogP contribution is 2.32. The lowest BCUT2D eigenvalue weighted by Crippen LogP contribution is -2.35. The lowest BCUT2D eigenvalue weighted by atomic mass is 9.97. The summed E-state index contributed by atoms with van der Waals surface area (Å²) in [7, 11) is 0. The Bertz CT molecular complexity index is 406. The first kappa shape index (κ1) is 12.6. The number of hydrogen-bond donors (Lipinski definition) is 2. The lowest BCUT2D eigenvalue weighted by molar-refractivity contribution is 0.203. The molecule has 0 atom stereocenters. The normalized spacial score (nSPS) is 17.5. The van der Waals surface area contributed by atoms with Crippen LogP contribution >= 0.6 is 15.9 Å². The Morgan fingerprint density at radius 3 is 2.65 bits per heavy atom. The summed E-state index contributed by atoms with van der Waals surface area (Å²) in [5, 5.41) is 9.07. The summed E-state index contributed by atoms with van der Waals surface area (Å²) in [6, 6.07) is 3.07. The number of nitrogens with zero attached hydrogens (tertiary/aromatic N) is 1. The van der Waals surface area contributed by atoms with Crippen LogP contribution in [-0.2, 0) is 0 Å². The summed E-state index contributed by atoms with van der Waals surface area (Å²) in [6.45, 7) is 1.87. The molecule has 3 N–H and O–H groups in total.